The highest BCUT2D eigenvalue weighted by atomic mass is 16.5. The Morgan fingerprint density at radius 1 is 1.14 bits per heavy atom. The quantitative estimate of drug-likeness (QED) is 0.934. The van der Waals surface area contributed by atoms with Crippen molar-refractivity contribution in [1.29, 1.82) is 0 Å². The molecule has 1 fully saturated rings. The van der Waals surface area contributed by atoms with E-state index in [1.807, 2.05) is 6.92 Å². The first-order valence-electron chi connectivity index (χ1n) is 7.70. The minimum atomic E-state index is 0.586. The van der Waals surface area contributed by atoms with Gasteiger partial charge in [0.25, 0.3) is 0 Å². The molecule has 2 heterocycles. The lowest BCUT2D eigenvalue weighted by molar-refractivity contribution is 0.388. The molecule has 1 aromatic heterocycles. The number of hydrogen-bond donors (Lipinski definition) is 1. The Kier molecular flexibility index (Phi) is 4.38. The molecule has 0 atom stereocenters. The molecule has 1 aliphatic rings. The van der Waals surface area contributed by atoms with E-state index in [-0.39, 0.29) is 0 Å². The van der Waals surface area contributed by atoms with Crippen molar-refractivity contribution in [2.45, 2.75) is 39.2 Å². The number of aryl methyl sites for hydroxylation is 1. The van der Waals surface area contributed by atoms with Gasteiger partial charge < -0.3 is 14.7 Å². The van der Waals surface area contributed by atoms with E-state index in [2.05, 4.69) is 44.6 Å². The summed E-state index contributed by atoms with van der Waals surface area (Å²) >= 11 is 0. The fourth-order valence-electron chi connectivity index (χ4n) is 2.80. The van der Waals surface area contributed by atoms with Gasteiger partial charge in [0, 0.05) is 20.0 Å². The van der Waals surface area contributed by atoms with Crippen LogP contribution in [0, 0.1) is 6.92 Å². The maximum absolute atomic E-state index is 5.00. The summed E-state index contributed by atoms with van der Waals surface area (Å²) in [5, 5.41) is 7.36. The molecule has 2 aromatic rings. The van der Waals surface area contributed by atoms with Gasteiger partial charge in [-0.05, 0) is 25.0 Å². The molecule has 5 heteroatoms. The molecule has 3 rings (SSSR count). The molecule has 0 unspecified atom stereocenters. The number of nitrogens with one attached hydrogen (secondary N) is 1. The molecule has 0 aliphatic carbocycles. The summed E-state index contributed by atoms with van der Waals surface area (Å²) in [6, 6.07) is 8.47. The Morgan fingerprint density at radius 3 is 2.62 bits per heavy atom. The molecule has 0 saturated carbocycles. The van der Waals surface area contributed by atoms with Crippen molar-refractivity contribution in [3.05, 3.63) is 36.0 Å². The highest BCUT2D eigenvalue weighted by molar-refractivity contribution is 5.70. The van der Waals surface area contributed by atoms with Crippen LogP contribution in [-0.4, -0.2) is 23.2 Å². The Bertz CT molecular complexity index is 573. The number of hydrogen-bond acceptors (Lipinski definition) is 5. The average molecular weight is 286 g/mol. The number of para-hydroxylation sites is 2. The zero-order chi connectivity index (χ0) is 14.5. The minimum absolute atomic E-state index is 0.586. The molecule has 0 amide bonds. The second kappa shape index (κ2) is 6.61. The van der Waals surface area contributed by atoms with Crippen molar-refractivity contribution in [2.75, 3.05) is 23.3 Å². The maximum Gasteiger partial charge on any atom is 0.223 e. The van der Waals surface area contributed by atoms with Crippen molar-refractivity contribution in [3.63, 3.8) is 0 Å². The number of benzene rings is 1. The zero-order valence-corrected chi connectivity index (χ0v) is 12.5. The van der Waals surface area contributed by atoms with Crippen molar-refractivity contribution >= 4 is 11.4 Å². The van der Waals surface area contributed by atoms with Gasteiger partial charge >= 0.3 is 0 Å². The lowest BCUT2D eigenvalue weighted by Gasteiger charge is -2.25. The smallest absolute Gasteiger partial charge is 0.223 e. The van der Waals surface area contributed by atoms with Gasteiger partial charge in [-0.15, -0.1) is 0 Å². The molecule has 1 saturated heterocycles. The van der Waals surface area contributed by atoms with Crippen molar-refractivity contribution in [3.8, 4) is 0 Å². The molecule has 0 radical (unpaired) electrons. The normalized spacial score (nSPS) is 15.8. The van der Waals surface area contributed by atoms with Gasteiger partial charge in [0.1, 0.15) is 0 Å². The van der Waals surface area contributed by atoms with Crippen LogP contribution < -0.4 is 10.2 Å². The molecular weight excluding hydrogens is 264 g/mol. The summed E-state index contributed by atoms with van der Waals surface area (Å²) in [7, 11) is 0. The molecule has 21 heavy (non-hydrogen) atoms. The maximum atomic E-state index is 5.00. The van der Waals surface area contributed by atoms with Crippen LogP contribution in [0.5, 0.6) is 0 Å². The summed E-state index contributed by atoms with van der Waals surface area (Å²) in [5.41, 5.74) is 2.42. The van der Waals surface area contributed by atoms with Crippen LogP contribution in [0.4, 0.5) is 11.4 Å². The molecule has 1 aromatic carbocycles. The number of nitrogens with zero attached hydrogens (tertiary/aromatic N) is 3. The first kappa shape index (κ1) is 13.9. The number of rotatable bonds is 4. The van der Waals surface area contributed by atoms with E-state index in [9.17, 15) is 0 Å². The van der Waals surface area contributed by atoms with E-state index in [1.165, 1.54) is 31.4 Å². The summed E-state index contributed by atoms with van der Waals surface area (Å²) in [5.74, 6) is 1.30. The monoisotopic (exact) mass is 286 g/mol. The number of anilines is 2. The van der Waals surface area contributed by atoms with Gasteiger partial charge in [-0.1, -0.05) is 30.1 Å². The summed E-state index contributed by atoms with van der Waals surface area (Å²) < 4.78 is 5.00. The summed E-state index contributed by atoms with van der Waals surface area (Å²) in [6.45, 7) is 4.67. The van der Waals surface area contributed by atoms with E-state index in [0.29, 0.717) is 18.3 Å². The van der Waals surface area contributed by atoms with Crippen LogP contribution in [-0.2, 0) is 6.54 Å². The fourth-order valence-corrected chi connectivity index (χ4v) is 2.80. The van der Waals surface area contributed by atoms with Crippen LogP contribution in [0.3, 0.4) is 0 Å². The SMILES string of the molecule is Cc1nc(CNc2ccccc2N2CCCCCC2)no1. The predicted molar refractivity (Wildman–Crippen MR) is 83.5 cm³/mol. The number of aromatic nitrogens is 2. The third kappa shape index (κ3) is 3.54. The predicted octanol–water partition coefficient (Wildman–Crippen LogP) is 3.37. The van der Waals surface area contributed by atoms with Crippen LogP contribution in [0.25, 0.3) is 0 Å². The standard InChI is InChI=1S/C16H22N4O/c1-13-18-16(19-21-13)12-17-14-8-4-5-9-15(14)20-10-6-2-3-7-11-20/h4-5,8-9,17H,2-3,6-7,10-12H2,1H3. The van der Waals surface area contributed by atoms with Crippen LogP contribution in [0.2, 0.25) is 0 Å². The molecule has 0 spiro atoms. The van der Waals surface area contributed by atoms with Crippen molar-refractivity contribution in [2.24, 2.45) is 0 Å². The Labute approximate surface area is 125 Å². The van der Waals surface area contributed by atoms with Gasteiger partial charge in [0.05, 0.1) is 17.9 Å². The van der Waals surface area contributed by atoms with Gasteiger partial charge in [-0.3, -0.25) is 0 Å². The third-order valence-corrected chi connectivity index (χ3v) is 3.86. The van der Waals surface area contributed by atoms with Crippen LogP contribution >= 0.6 is 0 Å². The van der Waals surface area contributed by atoms with Crippen LogP contribution in [0.15, 0.2) is 28.8 Å². The topological polar surface area (TPSA) is 54.2 Å². The second-order valence-corrected chi connectivity index (χ2v) is 5.50. The van der Waals surface area contributed by atoms with Gasteiger partial charge in [-0.2, -0.15) is 4.98 Å². The minimum Gasteiger partial charge on any atom is -0.376 e. The fraction of sp³-hybridized carbons (Fsp3) is 0.500. The van der Waals surface area contributed by atoms with E-state index in [1.54, 1.807) is 0 Å². The first-order chi connectivity index (χ1) is 10.3. The first-order valence-corrected chi connectivity index (χ1v) is 7.70. The van der Waals surface area contributed by atoms with E-state index < -0.39 is 0 Å². The van der Waals surface area contributed by atoms with E-state index >= 15 is 0 Å². The Hall–Kier alpha value is -2.04. The largest absolute Gasteiger partial charge is 0.376 e. The Balaban J connectivity index is 1.72. The lowest BCUT2D eigenvalue weighted by Crippen LogP contribution is -2.24. The van der Waals surface area contributed by atoms with Gasteiger partial charge in [0.2, 0.25) is 5.89 Å². The van der Waals surface area contributed by atoms with Gasteiger partial charge in [0.15, 0.2) is 5.82 Å². The molecule has 112 valence electrons. The summed E-state index contributed by atoms with van der Waals surface area (Å²) in [6.07, 6.45) is 5.24. The zero-order valence-electron chi connectivity index (χ0n) is 12.5. The van der Waals surface area contributed by atoms with Crippen molar-refractivity contribution in [1.82, 2.24) is 10.1 Å². The van der Waals surface area contributed by atoms with Gasteiger partial charge in [-0.25, -0.2) is 0 Å². The highest BCUT2D eigenvalue weighted by Gasteiger charge is 2.13. The molecule has 5 nitrogen and oxygen atoms in total. The second-order valence-electron chi connectivity index (χ2n) is 5.50. The molecule has 1 aliphatic heterocycles. The molecule has 1 N–H and O–H groups in total. The molecule has 0 bridgehead atoms. The highest BCUT2D eigenvalue weighted by Crippen LogP contribution is 2.28. The van der Waals surface area contributed by atoms with E-state index in [0.717, 1.165) is 18.8 Å². The molecular formula is C16H22N4O. The average Bonchev–Trinajstić information content (AvgIpc) is 2.76. The Morgan fingerprint density at radius 2 is 1.90 bits per heavy atom. The summed E-state index contributed by atoms with van der Waals surface area (Å²) in [4.78, 5) is 6.71. The van der Waals surface area contributed by atoms with E-state index in [4.69, 9.17) is 4.52 Å². The van der Waals surface area contributed by atoms with Crippen LogP contribution in [0.1, 0.15) is 37.4 Å². The van der Waals surface area contributed by atoms with Crippen molar-refractivity contribution < 1.29 is 4.52 Å². The third-order valence-electron chi connectivity index (χ3n) is 3.86. The lowest BCUT2D eigenvalue weighted by atomic mass is 10.2.